The van der Waals surface area contributed by atoms with Crippen LogP contribution in [0, 0.1) is 0 Å². The molecule has 0 heterocycles. The van der Waals surface area contributed by atoms with E-state index in [1.165, 1.54) is 109 Å². The van der Waals surface area contributed by atoms with Crippen molar-refractivity contribution in [1.82, 2.24) is 0 Å². The first-order chi connectivity index (χ1) is 29.6. The number of allylic oxidation sites excluding steroid dienone is 10. The van der Waals surface area contributed by atoms with Crippen LogP contribution in [0.25, 0.3) is 0 Å². The highest BCUT2D eigenvalue weighted by Gasteiger charge is 2.20. The molecule has 0 N–H and O–H groups in total. The molecule has 0 rings (SSSR count). The zero-order chi connectivity index (χ0) is 44.8. The first kappa shape index (κ1) is 59.2. The Labute approximate surface area is 377 Å². The smallest absolute Gasteiger partial charge is 0.306 e. The summed E-state index contributed by atoms with van der Waals surface area (Å²) in [6, 6.07) is 0. The van der Waals surface area contributed by atoms with Gasteiger partial charge in [-0.25, -0.2) is 0 Å². The van der Waals surface area contributed by atoms with Crippen molar-refractivity contribution in [3.63, 3.8) is 0 Å². The van der Waals surface area contributed by atoms with E-state index in [0.717, 1.165) is 77.0 Å². The molecule has 356 valence electrons. The van der Waals surface area contributed by atoms with Crippen LogP contribution in [0.5, 0.6) is 0 Å². The van der Waals surface area contributed by atoms with E-state index in [1.54, 1.807) is 0 Å². The number of hydrogen-bond donors (Lipinski definition) is 0. The van der Waals surface area contributed by atoms with Crippen LogP contribution in [-0.4, -0.2) is 70.7 Å². The minimum atomic E-state index is -4.53. The van der Waals surface area contributed by atoms with Crippen LogP contribution >= 0.6 is 7.82 Å². The number of unbranched alkanes of at least 4 members (excludes halogenated alkanes) is 22. The fraction of sp³-hybridized carbons (Fsp3) is 0.788. The van der Waals surface area contributed by atoms with Gasteiger partial charge >= 0.3 is 5.97 Å². The zero-order valence-corrected chi connectivity index (χ0v) is 41.2. The molecule has 0 spiro atoms. The monoisotopic (exact) mass is 878 g/mol. The average Bonchev–Trinajstić information content (AvgIpc) is 3.22. The number of carbonyl (C=O) groups excluding carboxylic acids is 1. The Balaban J connectivity index is 4.19. The number of nitrogens with zero attached hydrogens (tertiary/aromatic N) is 1. The van der Waals surface area contributed by atoms with E-state index in [4.69, 9.17) is 18.5 Å². The summed E-state index contributed by atoms with van der Waals surface area (Å²) in [6.07, 6.45) is 56.7. The summed E-state index contributed by atoms with van der Waals surface area (Å²) in [5.41, 5.74) is 0. The third-order valence-corrected chi connectivity index (χ3v) is 11.5. The molecule has 0 saturated heterocycles. The van der Waals surface area contributed by atoms with Crippen LogP contribution < -0.4 is 4.89 Å². The lowest BCUT2D eigenvalue weighted by molar-refractivity contribution is -0.870. The molecule has 0 fully saturated rings. The molecule has 0 aliphatic carbocycles. The summed E-state index contributed by atoms with van der Waals surface area (Å²) in [7, 11) is 1.34. The molecule has 0 saturated carbocycles. The molecule has 8 nitrogen and oxygen atoms in total. The molecule has 0 bridgehead atoms. The van der Waals surface area contributed by atoms with E-state index in [1.807, 2.05) is 21.1 Å². The number of phosphoric acid groups is 1. The first-order valence-corrected chi connectivity index (χ1v) is 26.5. The Bertz CT molecular complexity index is 1160. The molecule has 0 aliphatic heterocycles. The number of carbonyl (C=O) groups is 1. The fourth-order valence-electron chi connectivity index (χ4n) is 6.75. The van der Waals surface area contributed by atoms with Gasteiger partial charge in [0, 0.05) is 13.0 Å². The standard InChI is InChI=1S/C52H96NO7P/c1-6-8-10-12-14-16-18-20-22-24-25-26-27-28-30-32-34-36-38-40-42-44-47-57-49-51(50-59-61(55,56)58-48-46-53(3,4)5)60-52(54)45-43-41-39-37-35-33-31-29-23-21-19-17-15-13-11-9-7-2/h8,10,14,16,20,22,25-26,28,30,51H,6-7,9,11-13,15,17-19,21,23-24,27,29,31-50H2,1-5H3/b10-8-,16-14-,22-20-,26-25-,30-28-. The quantitative estimate of drug-likeness (QED) is 0.0198. The minimum absolute atomic E-state index is 0.0217. The molecule has 0 radical (unpaired) electrons. The highest BCUT2D eigenvalue weighted by molar-refractivity contribution is 7.45. The number of ether oxygens (including phenoxy) is 2. The molecule has 0 amide bonds. The summed E-state index contributed by atoms with van der Waals surface area (Å²) in [5.74, 6) is -0.338. The molecule has 61 heavy (non-hydrogen) atoms. The van der Waals surface area contributed by atoms with Gasteiger partial charge in [-0.2, -0.15) is 0 Å². The SMILES string of the molecule is CC/C=C\C/C=C\C/C=C\C/C=C\C/C=C\CCCCCCCCOCC(COP(=O)([O-])OCC[N+](C)(C)C)OC(=O)CCCCCCCCCCCCCCCCCCC. The summed E-state index contributed by atoms with van der Waals surface area (Å²) in [5, 5.41) is 0. The number of hydrogen-bond acceptors (Lipinski definition) is 7. The minimum Gasteiger partial charge on any atom is -0.756 e. The molecule has 0 aromatic carbocycles. The van der Waals surface area contributed by atoms with Crippen molar-refractivity contribution >= 4 is 13.8 Å². The number of rotatable bonds is 46. The van der Waals surface area contributed by atoms with E-state index < -0.39 is 13.9 Å². The van der Waals surface area contributed by atoms with Gasteiger partial charge in [0.2, 0.25) is 0 Å². The van der Waals surface area contributed by atoms with Crippen LogP contribution in [0.15, 0.2) is 60.8 Å². The summed E-state index contributed by atoms with van der Waals surface area (Å²) in [6.45, 7) is 5.28. The lowest BCUT2D eigenvalue weighted by atomic mass is 10.0. The van der Waals surface area contributed by atoms with Crippen molar-refractivity contribution in [3.8, 4) is 0 Å². The van der Waals surface area contributed by atoms with E-state index in [9.17, 15) is 14.3 Å². The van der Waals surface area contributed by atoms with Gasteiger partial charge in [0.15, 0.2) is 0 Å². The van der Waals surface area contributed by atoms with E-state index >= 15 is 0 Å². The maximum Gasteiger partial charge on any atom is 0.306 e. The number of phosphoric ester groups is 1. The van der Waals surface area contributed by atoms with Gasteiger partial charge in [-0.1, -0.05) is 203 Å². The summed E-state index contributed by atoms with van der Waals surface area (Å²) >= 11 is 0. The first-order valence-electron chi connectivity index (χ1n) is 25.0. The third-order valence-electron chi connectivity index (χ3n) is 10.6. The lowest BCUT2D eigenvalue weighted by Crippen LogP contribution is -2.37. The Morgan fingerprint density at radius 2 is 0.951 bits per heavy atom. The molecule has 2 unspecified atom stereocenters. The van der Waals surface area contributed by atoms with Crippen molar-refractivity contribution in [2.45, 2.75) is 213 Å². The molecule has 2 atom stereocenters. The van der Waals surface area contributed by atoms with Gasteiger partial charge < -0.3 is 27.9 Å². The lowest BCUT2D eigenvalue weighted by Gasteiger charge is -2.28. The highest BCUT2D eigenvalue weighted by atomic mass is 31.2. The maximum absolute atomic E-state index is 12.7. The van der Waals surface area contributed by atoms with E-state index in [2.05, 4.69) is 74.6 Å². The molecule has 0 aromatic rings. The molecular weight excluding hydrogens is 782 g/mol. The Hall–Kier alpha value is -1.80. The molecular formula is C52H96NO7P. The third kappa shape index (κ3) is 49.1. The van der Waals surface area contributed by atoms with Gasteiger partial charge in [-0.3, -0.25) is 9.36 Å². The second-order valence-corrected chi connectivity index (χ2v) is 19.2. The fourth-order valence-corrected chi connectivity index (χ4v) is 7.48. The van der Waals surface area contributed by atoms with Gasteiger partial charge in [-0.05, 0) is 57.8 Å². The van der Waals surface area contributed by atoms with Crippen molar-refractivity contribution in [2.75, 3.05) is 54.1 Å². The summed E-state index contributed by atoms with van der Waals surface area (Å²) < 4.78 is 34.7. The van der Waals surface area contributed by atoms with Crippen LogP contribution in [0.2, 0.25) is 0 Å². The van der Waals surface area contributed by atoms with Crippen LogP contribution in [0.1, 0.15) is 206 Å². The van der Waals surface area contributed by atoms with Crippen LogP contribution in [-0.2, 0) is 27.9 Å². The topological polar surface area (TPSA) is 94.1 Å². The van der Waals surface area contributed by atoms with Gasteiger partial charge in [0.1, 0.15) is 19.3 Å². The Morgan fingerprint density at radius 1 is 0.525 bits per heavy atom. The van der Waals surface area contributed by atoms with E-state index in [-0.39, 0.29) is 25.8 Å². The molecule has 0 aromatic heterocycles. The molecule has 0 aliphatic rings. The second kappa shape index (κ2) is 44.8. The Morgan fingerprint density at radius 3 is 1.43 bits per heavy atom. The van der Waals surface area contributed by atoms with E-state index in [0.29, 0.717) is 24.1 Å². The number of esters is 1. The average molecular weight is 878 g/mol. The largest absolute Gasteiger partial charge is 0.756 e. The Kier molecular flexibility index (Phi) is 43.5. The maximum atomic E-state index is 12.7. The van der Waals surface area contributed by atoms with Gasteiger partial charge in [0.25, 0.3) is 7.82 Å². The van der Waals surface area contributed by atoms with Crippen molar-refractivity contribution < 1.29 is 37.3 Å². The van der Waals surface area contributed by atoms with Crippen LogP contribution in [0.3, 0.4) is 0 Å². The summed E-state index contributed by atoms with van der Waals surface area (Å²) in [4.78, 5) is 25.2. The number of quaternary nitrogens is 1. The zero-order valence-electron chi connectivity index (χ0n) is 40.4. The van der Waals surface area contributed by atoms with Crippen molar-refractivity contribution in [2.24, 2.45) is 0 Å². The van der Waals surface area contributed by atoms with Gasteiger partial charge in [-0.15, -0.1) is 0 Å². The van der Waals surface area contributed by atoms with Crippen molar-refractivity contribution in [3.05, 3.63) is 60.8 Å². The van der Waals surface area contributed by atoms with Gasteiger partial charge in [0.05, 0.1) is 34.4 Å². The van der Waals surface area contributed by atoms with Crippen LogP contribution in [0.4, 0.5) is 0 Å². The second-order valence-electron chi connectivity index (χ2n) is 17.8. The predicted molar refractivity (Wildman–Crippen MR) is 259 cm³/mol. The predicted octanol–water partition coefficient (Wildman–Crippen LogP) is 14.6. The normalized spacial score (nSPS) is 14.1. The highest BCUT2D eigenvalue weighted by Crippen LogP contribution is 2.38. The number of likely N-dealkylation sites (N-methyl/N-ethyl adjacent to an activating group) is 1. The van der Waals surface area contributed by atoms with Crippen molar-refractivity contribution in [1.29, 1.82) is 0 Å². The molecule has 9 heteroatoms.